The van der Waals surface area contributed by atoms with Gasteiger partial charge in [0.05, 0.1) is 5.39 Å². The van der Waals surface area contributed by atoms with Crippen LogP contribution in [0.5, 0.6) is 0 Å². The van der Waals surface area contributed by atoms with Crippen LogP contribution in [0.1, 0.15) is 43.6 Å². The number of hydrogen-bond donors (Lipinski definition) is 1. The van der Waals surface area contributed by atoms with E-state index in [1.807, 2.05) is 11.3 Å². The molecule has 0 unspecified atom stereocenters. The minimum Gasteiger partial charge on any atom is -0.369 e. The summed E-state index contributed by atoms with van der Waals surface area (Å²) in [6.07, 6.45) is 8.09. The van der Waals surface area contributed by atoms with E-state index in [4.69, 9.17) is 0 Å². The van der Waals surface area contributed by atoms with E-state index in [-0.39, 0.29) is 0 Å². The normalized spacial score (nSPS) is 15.5. The first-order chi connectivity index (χ1) is 9.25. The summed E-state index contributed by atoms with van der Waals surface area (Å²) >= 11 is 1.87. The van der Waals surface area contributed by atoms with E-state index in [9.17, 15) is 0 Å². The fourth-order valence-electron chi connectivity index (χ4n) is 2.70. The van der Waals surface area contributed by atoms with Gasteiger partial charge in [0.25, 0.3) is 0 Å². The van der Waals surface area contributed by atoms with E-state index in [1.54, 1.807) is 11.2 Å². The Bertz CT molecular complexity index is 574. The lowest BCUT2D eigenvalue weighted by Crippen LogP contribution is -2.09. The SMILES string of the molecule is CC(C)CNc1ncnc2sc3c(c12)CCCCC3. The fraction of sp³-hybridized carbons (Fsp3) is 0.600. The highest BCUT2D eigenvalue weighted by Crippen LogP contribution is 2.37. The molecule has 19 heavy (non-hydrogen) atoms. The number of anilines is 1. The molecule has 0 spiro atoms. The molecule has 0 aromatic carbocycles. The minimum absolute atomic E-state index is 0.627. The molecule has 3 rings (SSSR count). The van der Waals surface area contributed by atoms with Crippen LogP contribution in [0.15, 0.2) is 6.33 Å². The zero-order valence-corrected chi connectivity index (χ0v) is 12.5. The molecule has 2 heterocycles. The van der Waals surface area contributed by atoms with Gasteiger partial charge in [-0.1, -0.05) is 20.3 Å². The van der Waals surface area contributed by atoms with Crippen molar-refractivity contribution in [3.05, 3.63) is 16.8 Å². The zero-order chi connectivity index (χ0) is 13.2. The third-order valence-electron chi connectivity index (χ3n) is 3.68. The topological polar surface area (TPSA) is 37.8 Å². The second-order valence-electron chi connectivity index (χ2n) is 5.74. The maximum atomic E-state index is 4.47. The fourth-order valence-corrected chi connectivity index (χ4v) is 3.93. The number of thiophene rings is 1. The molecule has 0 aliphatic heterocycles. The molecule has 0 saturated heterocycles. The van der Waals surface area contributed by atoms with Crippen LogP contribution in [0, 0.1) is 5.92 Å². The first-order valence-corrected chi connectivity index (χ1v) is 8.06. The largest absolute Gasteiger partial charge is 0.369 e. The molecule has 1 N–H and O–H groups in total. The molecule has 0 fully saturated rings. The van der Waals surface area contributed by atoms with Crippen molar-refractivity contribution in [3.8, 4) is 0 Å². The maximum absolute atomic E-state index is 4.47. The smallest absolute Gasteiger partial charge is 0.138 e. The molecule has 102 valence electrons. The van der Waals surface area contributed by atoms with Gasteiger partial charge in [-0.25, -0.2) is 9.97 Å². The number of rotatable bonds is 3. The monoisotopic (exact) mass is 275 g/mol. The van der Waals surface area contributed by atoms with Crippen LogP contribution in [0.3, 0.4) is 0 Å². The average molecular weight is 275 g/mol. The van der Waals surface area contributed by atoms with Gasteiger partial charge in [0, 0.05) is 11.4 Å². The number of nitrogens with one attached hydrogen (secondary N) is 1. The Hall–Kier alpha value is -1.16. The standard InChI is InChI=1S/C15H21N3S/c1-10(2)8-16-14-13-11-6-4-3-5-7-12(11)19-15(13)18-9-17-14/h9-10H,3-8H2,1-2H3,(H,16,17,18). The third-order valence-corrected chi connectivity index (χ3v) is 4.88. The number of aromatic nitrogens is 2. The first-order valence-electron chi connectivity index (χ1n) is 7.25. The van der Waals surface area contributed by atoms with Crippen molar-refractivity contribution in [1.82, 2.24) is 9.97 Å². The van der Waals surface area contributed by atoms with E-state index < -0.39 is 0 Å². The average Bonchev–Trinajstić information content (AvgIpc) is 2.59. The minimum atomic E-state index is 0.627. The highest BCUT2D eigenvalue weighted by atomic mass is 32.1. The molecule has 3 nitrogen and oxygen atoms in total. The molecular weight excluding hydrogens is 254 g/mol. The number of nitrogens with zero attached hydrogens (tertiary/aromatic N) is 2. The van der Waals surface area contributed by atoms with E-state index in [0.717, 1.165) is 17.2 Å². The molecule has 4 heteroatoms. The Morgan fingerprint density at radius 2 is 2.05 bits per heavy atom. The number of hydrogen-bond acceptors (Lipinski definition) is 4. The van der Waals surface area contributed by atoms with Crippen LogP contribution in [0.25, 0.3) is 10.2 Å². The highest BCUT2D eigenvalue weighted by Gasteiger charge is 2.18. The van der Waals surface area contributed by atoms with Crippen LogP contribution in [-0.4, -0.2) is 16.5 Å². The highest BCUT2D eigenvalue weighted by molar-refractivity contribution is 7.18. The van der Waals surface area contributed by atoms with Crippen molar-refractivity contribution in [1.29, 1.82) is 0 Å². The molecule has 0 amide bonds. The molecule has 0 bridgehead atoms. The predicted molar refractivity (Wildman–Crippen MR) is 82.0 cm³/mol. The lowest BCUT2D eigenvalue weighted by molar-refractivity contribution is 0.687. The van der Waals surface area contributed by atoms with Crippen LogP contribution < -0.4 is 5.32 Å². The molecule has 0 atom stereocenters. The van der Waals surface area contributed by atoms with E-state index in [2.05, 4.69) is 29.1 Å². The van der Waals surface area contributed by atoms with Gasteiger partial charge in [0.1, 0.15) is 17.0 Å². The van der Waals surface area contributed by atoms with Crippen molar-refractivity contribution >= 4 is 27.4 Å². The Kier molecular flexibility index (Phi) is 3.69. The van der Waals surface area contributed by atoms with Crippen molar-refractivity contribution in [3.63, 3.8) is 0 Å². The summed E-state index contributed by atoms with van der Waals surface area (Å²) in [4.78, 5) is 11.6. The van der Waals surface area contributed by atoms with Crippen molar-refractivity contribution in [2.24, 2.45) is 5.92 Å². The van der Waals surface area contributed by atoms with Crippen molar-refractivity contribution in [2.75, 3.05) is 11.9 Å². The second kappa shape index (κ2) is 5.45. The summed E-state index contributed by atoms with van der Waals surface area (Å²) in [5, 5.41) is 4.80. The molecule has 0 saturated carbocycles. The van der Waals surface area contributed by atoms with Gasteiger partial charge in [-0.2, -0.15) is 0 Å². The summed E-state index contributed by atoms with van der Waals surface area (Å²) in [5.74, 6) is 1.67. The summed E-state index contributed by atoms with van der Waals surface area (Å²) in [6, 6.07) is 0. The van der Waals surface area contributed by atoms with Crippen LogP contribution in [0.4, 0.5) is 5.82 Å². The van der Waals surface area contributed by atoms with Crippen LogP contribution >= 0.6 is 11.3 Å². The summed E-state index contributed by atoms with van der Waals surface area (Å²) in [7, 11) is 0. The van der Waals surface area contributed by atoms with Gasteiger partial charge in [0.15, 0.2) is 0 Å². The van der Waals surface area contributed by atoms with E-state index in [1.165, 1.54) is 43.1 Å². The zero-order valence-electron chi connectivity index (χ0n) is 11.7. The second-order valence-corrected chi connectivity index (χ2v) is 6.83. The van der Waals surface area contributed by atoms with Crippen molar-refractivity contribution < 1.29 is 0 Å². The molecule has 2 aromatic rings. The first kappa shape index (κ1) is 12.9. The van der Waals surface area contributed by atoms with Crippen LogP contribution in [0.2, 0.25) is 0 Å². The van der Waals surface area contributed by atoms with Crippen molar-refractivity contribution in [2.45, 2.75) is 46.0 Å². The summed E-state index contributed by atoms with van der Waals surface area (Å²) in [5.41, 5.74) is 1.52. The molecule has 1 aliphatic rings. The summed E-state index contributed by atoms with van der Waals surface area (Å²) in [6.45, 7) is 5.41. The van der Waals surface area contributed by atoms with Gasteiger partial charge in [-0.15, -0.1) is 11.3 Å². The molecule has 1 aliphatic carbocycles. The Morgan fingerprint density at radius 3 is 2.89 bits per heavy atom. The Labute approximate surface area is 118 Å². The third kappa shape index (κ3) is 2.59. The quantitative estimate of drug-likeness (QED) is 0.859. The lowest BCUT2D eigenvalue weighted by atomic mass is 10.1. The van der Waals surface area contributed by atoms with Gasteiger partial charge in [-0.05, 0) is 37.2 Å². The lowest BCUT2D eigenvalue weighted by Gasteiger charge is -2.10. The van der Waals surface area contributed by atoms with Gasteiger partial charge in [-0.3, -0.25) is 0 Å². The molecule has 0 radical (unpaired) electrons. The van der Waals surface area contributed by atoms with Crippen LogP contribution in [-0.2, 0) is 12.8 Å². The van der Waals surface area contributed by atoms with E-state index >= 15 is 0 Å². The Morgan fingerprint density at radius 1 is 1.21 bits per heavy atom. The predicted octanol–water partition coefficient (Wildman–Crippen LogP) is 4.03. The summed E-state index contributed by atoms with van der Waals surface area (Å²) < 4.78 is 0. The van der Waals surface area contributed by atoms with Gasteiger partial charge in [0.2, 0.25) is 0 Å². The Balaban J connectivity index is 2.04. The van der Waals surface area contributed by atoms with Gasteiger partial charge >= 0.3 is 0 Å². The number of fused-ring (bicyclic) bond motifs is 3. The van der Waals surface area contributed by atoms with E-state index in [0.29, 0.717) is 5.92 Å². The van der Waals surface area contributed by atoms with Gasteiger partial charge < -0.3 is 5.32 Å². The number of aryl methyl sites for hydroxylation is 2. The molecular formula is C15H21N3S. The maximum Gasteiger partial charge on any atom is 0.138 e. The molecule has 2 aromatic heterocycles.